The van der Waals surface area contributed by atoms with Gasteiger partial charge in [-0.05, 0) is 43.7 Å². The zero-order valence-corrected chi connectivity index (χ0v) is 11.6. The number of rotatable bonds is 7. The Balaban J connectivity index is 2.08. The van der Waals surface area contributed by atoms with Gasteiger partial charge in [-0.15, -0.1) is 0 Å². The lowest BCUT2D eigenvalue weighted by molar-refractivity contribution is 0.234. The van der Waals surface area contributed by atoms with Crippen molar-refractivity contribution in [1.82, 2.24) is 5.32 Å². The lowest BCUT2D eigenvalue weighted by atomic mass is 9.77. The molecule has 1 unspecified atom stereocenters. The van der Waals surface area contributed by atoms with Gasteiger partial charge in [-0.3, -0.25) is 0 Å². The largest absolute Gasteiger partial charge is 0.316 e. The summed E-state index contributed by atoms with van der Waals surface area (Å²) in [5, 5.41) is 3.54. The first-order valence-electron chi connectivity index (χ1n) is 7.46. The smallest absolute Gasteiger partial charge is 0.00231 e. The van der Waals surface area contributed by atoms with Crippen molar-refractivity contribution in [1.29, 1.82) is 0 Å². The van der Waals surface area contributed by atoms with Crippen molar-refractivity contribution >= 4 is 0 Å². The highest BCUT2D eigenvalue weighted by molar-refractivity contribution is 4.74. The van der Waals surface area contributed by atoms with Crippen molar-refractivity contribution < 1.29 is 0 Å². The molecule has 0 aromatic rings. The molecule has 0 radical (unpaired) electrons. The molecule has 1 aliphatic carbocycles. The van der Waals surface area contributed by atoms with E-state index in [0.29, 0.717) is 0 Å². The molecule has 1 rings (SSSR count). The van der Waals surface area contributed by atoms with Gasteiger partial charge >= 0.3 is 0 Å². The number of hydrogen-bond donors (Lipinski definition) is 1. The van der Waals surface area contributed by atoms with E-state index in [0.717, 1.165) is 17.8 Å². The van der Waals surface area contributed by atoms with Gasteiger partial charge in [-0.2, -0.15) is 0 Å². The SMILES string of the molecule is CCCNCC(C)CC1CCC(CC)CC1. The summed E-state index contributed by atoms with van der Waals surface area (Å²) in [6.45, 7) is 9.41. The van der Waals surface area contributed by atoms with Crippen LogP contribution in [-0.4, -0.2) is 13.1 Å². The average molecular weight is 225 g/mol. The second-order valence-electron chi connectivity index (χ2n) is 5.84. The second-order valence-corrected chi connectivity index (χ2v) is 5.84. The first kappa shape index (κ1) is 14.0. The highest BCUT2D eigenvalue weighted by atomic mass is 14.8. The third-order valence-electron chi connectivity index (χ3n) is 4.20. The summed E-state index contributed by atoms with van der Waals surface area (Å²) in [6.07, 6.45) is 10.1. The Hall–Kier alpha value is -0.0400. The van der Waals surface area contributed by atoms with Crippen LogP contribution in [0.5, 0.6) is 0 Å². The Kier molecular flexibility index (Phi) is 7.11. The van der Waals surface area contributed by atoms with Crippen molar-refractivity contribution in [2.45, 2.75) is 65.7 Å². The second kappa shape index (κ2) is 8.11. The van der Waals surface area contributed by atoms with Crippen LogP contribution in [-0.2, 0) is 0 Å². The summed E-state index contributed by atoms with van der Waals surface area (Å²) in [4.78, 5) is 0. The maximum absolute atomic E-state index is 3.54. The highest BCUT2D eigenvalue weighted by Crippen LogP contribution is 2.33. The molecule has 1 atom stereocenters. The molecule has 0 bridgehead atoms. The van der Waals surface area contributed by atoms with E-state index < -0.39 is 0 Å². The van der Waals surface area contributed by atoms with Gasteiger partial charge in [-0.25, -0.2) is 0 Å². The average Bonchev–Trinajstić information content (AvgIpc) is 2.30. The zero-order chi connectivity index (χ0) is 11.8. The molecule has 0 aromatic heterocycles. The summed E-state index contributed by atoms with van der Waals surface area (Å²) < 4.78 is 0. The van der Waals surface area contributed by atoms with Crippen LogP contribution in [0.25, 0.3) is 0 Å². The Morgan fingerprint density at radius 1 is 1.06 bits per heavy atom. The van der Waals surface area contributed by atoms with E-state index in [4.69, 9.17) is 0 Å². The van der Waals surface area contributed by atoms with Crippen LogP contribution < -0.4 is 5.32 Å². The third-order valence-corrected chi connectivity index (χ3v) is 4.20. The van der Waals surface area contributed by atoms with Crippen LogP contribution in [0.15, 0.2) is 0 Å². The van der Waals surface area contributed by atoms with E-state index in [1.165, 1.54) is 58.0 Å². The fourth-order valence-corrected chi connectivity index (χ4v) is 3.05. The minimum Gasteiger partial charge on any atom is -0.316 e. The molecule has 0 aromatic carbocycles. The van der Waals surface area contributed by atoms with Gasteiger partial charge in [0.1, 0.15) is 0 Å². The van der Waals surface area contributed by atoms with Crippen molar-refractivity contribution in [2.24, 2.45) is 17.8 Å². The molecule has 1 nitrogen and oxygen atoms in total. The van der Waals surface area contributed by atoms with Crippen molar-refractivity contribution in [3.8, 4) is 0 Å². The van der Waals surface area contributed by atoms with Gasteiger partial charge in [0.2, 0.25) is 0 Å². The van der Waals surface area contributed by atoms with Gasteiger partial charge in [-0.1, -0.05) is 52.9 Å². The molecule has 0 saturated heterocycles. The van der Waals surface area contributed by atoms with Crippen LogP contribution in [0.4, 0.5) is 0 Å². The lowest BCUT2D eigenvalue weighted by Gasteiger charge is -2.29. The van der Waals surface area contributed by atoms with Crippen LogP contribution in [0, 0.1) is 17.8 Å². The zero-order valence-electron chi connectivity index (χ0n) is 11.6. The molecule has 1 N–H and O–H groups in total. The Labute approximate surface area is 102 Å². The number of hydrogen-bond acceptors (Lipinski definition) is 1. The Bertz CT molecular complexity index is 159. The van der Waals surface area contributed by atoms with Crippen molar-refractivity contribution in [2.75, 3.05) is 13.1 Å². The quantitative estimate of drug-likeness (QED) is 0.639. The van der Waals surface area contributed by atoms with Crippen molar-refractivity contribution in [3.63, 3.8) is 0 Å². The van der Waals surface area contributed by atoms with E-state index in [-0.39, 0.29) is 0 Å². The lowest BCUT2D eigenvalue weighted by Crippen LogP contribution is -2.24. The monoisotopic (exact) mass is 225 g/mol. The van der Waals surface area contributed by atoms with E-state index in [1.807, 2.05) is 0 Å². The van der Waals surface area contributed by atoms with Crippen LogP contribution >= 0.6 is 0 Å². The van der Waals surface area contributed by atoms with Gasteiger partial charge in [0.15, 0.2) is 0 Å². The molecule has 16 heavy (non-hydrogen) atoms. The molecule has 0 heterocycles. The van der Waals surface area contributed by atoms with Gasteiger partial charge in [0.05, 0.1) is 0 Å². The molecule has 1 aliphatic rings. The fourth-order valence-electron chi connectivity index (χ4n) is 3.05. The predicted octanol–water partition coefficient (Wildman–Crippen LogP) is 4.23. The molecule has 1 heteroatoms. The van der Waals surface area contributed by atoms with Gasteiger partial charge in [0.25, 0.3) is 0 Å². The van der Waals surface area contributed by atoms with Crippen molar-refractivity contribution in [3.05, 3.63) is 0 Å². The minimum atomic E-state index is 0.870. The van der Waals surface area contributed by atoms with Gasteiger partial charge in [0, 0.05) is 0 Å². The standard InChI is InChI=1S/C15H31N/c1-4-10-16-12-13(3)11-15-8-6-14(5-2)7-9-15/h13-16H,4-12H2,1-3H3. The molecule has 1 fully saturated rings. The highest BCUT2D eigenvalue weighted by Gasteiger charge is 2.21. The fraction of sp³-hybridized carbons (Fsp3) is 1.00. The number of nitrogens with one attached hydrogen (secondary N) is 1. The summed E-state index contributed by atoms with van der Waals surface area (Å²) in [6, 6.07) is 0. The molecule has 96 valence electrons. The Morgan fingerprint density at radius 3 is 2.25 bits per heavy atom. The maximum atomic E-state index is 3.54. The normalized spacial score (nSPS) is 27.9. The summed E-state index contributed by atoms with van der Waals surface area (Å²) in [7, 11) is 0. The molecular weight excluding hydrogens is 194 g/mol. The summed E-state index contributed by atoms with van der Waals surface area (Å²) >= 11 is 0. The first-order valence-corrected chi connectivity index (χ1v) is 7.46. The van der Waals surface area contributed by atoms with Crippen LogP contribution in [0.1, 0.15) is 65.7 Å². The molecule has 0 aliphatic heterocycles. The molecular formula is C15H31N. The van der Waals surface area contributed by atoms with Gasteiger partial charge < -0.3 is 5.32 Å². The van der Waals surface area contributed by atoms with E-state index in [1.54, 1.807) is 0 Å². The van der Waals surface area contributed by atoms with E-state index in [9.17, 15) is 0 Å². The molecule has 0 amide bonds. The summed E-state index contributed by atoms with van der Waals surface area (Å²) in [5.74, 6) is 2.95. The van der Waals surface area contributed by atoms with E-state index >= 15 is 0 Å². The topological polar surface area (TPSA) is 12.0 Å². The first-order chi connectivity index (χ1) is 7.76. The maximum Gasteiger partial charge on any atom is -0.00231 e. The molecule has 0 spiro atoms. The Morgan fingerprint density at radius 2 is 1.69 bits per heavy atom. The van der Waals surface area contributed by atoms with Crippen LogP contribution in [0.3, 0.4) is 0 Å². The van der Waals surface area contributed by atoms with Crippen LogP contribution in [0.2, 0.25) is 0 Å². The minimum absolute atomic E-state index is 0.870. The predicted molar refractivity (Wildman–Crippen MR) is 72.7 cm³/mol. The third kappa shape index (κ3) is 5.34. The molecule has 1 saturated carbocycles. The van der Waals surface area contributed by atoms with E-state index in [2.05, 4.69) is 26.1 Å². The summed E-state index contributed by atoms with van der Waals surface area (Å²) in [5.41, 5.74) is 0.